The van der Waals surface area contributed by atoms with Crippen LogP contribution in [-0.2, 0) is 20.1 Å². The van der Waals surface area contributed by atoms with Crippen LogP contribution in [0.2, 0.25) is 0 Å². The van der Waals surface area contributed by atoms with Crippen LogP contribution in [0, 0.1) is 0 Å². The molecule has 15 heavy (non-hydrogen) atoms. The van der Waals surface area contributed by atoms with Crippen LogP contribution in [0.3, 0.4) is 0 Å². The Balaban J connectivity index is 1.93. The van der Waals surface area contributed by atoms with Gasteiger partial charge in [-0.2, -0.15) is 5.10 Å². The van der Waals surface area contributed by atoms with E-state index in [9.17, 15) is 0 Å². The largest absolute Gasteiger partial charge is 0.377 e. The van der Waals surface area contributed by atoms with Gasteiger partial charge in [-0.25, -0.2) is 4.98 Å². The van der Waals surface area contributed by atoms with E-state index in [-0.39, 0.29) is 0 Å². The summed E-state index contributed by atoms with van der Waals surface area (Å²) in [4.78, 5) is 4.35. The third kappa shape index (κ3) is 2.54. The second kappa shape index (κ2) is 4.41. The summed E-state index contributed by atoms with van der Waals surface area (Å²) >= 11 is 1.59. The van der Waals surface area contributed by atoms with Gasteiger partial charge < -0.3 is 11.1 Å². The molecule has 6 heteroatoms. The van der Waals surface area contributed by atoms with Crippen LogP contribution in [0.4, 0.5) is 5.69 Å². The first-order valence-electron chi connectivity index (χ1n) is 4.64. The molecule has 2 aromatic heterocycles. The van der Waals surface area contributed by atoms with Gasteiger partial charge in [-0.15, -0.1) is 11.3 Å². The minimum atomic E-state index is 0.511. The fourth-order valence-electron chi connectivity index (χ4n) is 1.23. The molecule has 0 saturated carbocycles. The second-order valence-corrected chi connectivity index (χ2v) is 4.14. The Bertz CT molecular complexity index is 433. The van der Waals surface area contributed by atoms with Crippen molar-refractivity contribution >= 4 is 17.0 Å². The lowest BCUT2D eigenvalue weighted by atomic mass is 10.4. The molecule has 0 aliphatic rings. The number of nitrogens with zero attached hydrogens (tertiary/aromatic N) is 3. The molecule has 2 rings (SSSR count). The van der Waals surface area contributed by atoms with E-state index in [0.717, 1.165) is 16.4 Å². The van der Waals surface area contributed by atoms with Crippen LogP contribution in [0.15, 0.2) is 17.8 Å². The van der Waals surface area contributed by atoms with Crippen molar-refractivity contribution in [1.82, 2.24) is 14.8 Å². The van der Waals surface area contributed by atoms with Crippen molar-refractivity contribution in [2.24, 2.45) is 12.8 Å². The van der Waals surface area contributed by atoms with Gasteiger partial charge in [-0.1, -0.05) is 0 Å². The van der Waals surface area contributed by atoms with Crippen LogP contribution in [0.25, 0.3) is 0 Å². The summed E-state index contributed by atoms with van der Waals surface area (Å²) in [6.07, 6.45) is 3.71. The van der Waals surface area contributed by atoms with Crippen molar-refractivity contribution in [2.45, 2.75) is 13.1 Å². The first-order chi connectivity index (χ1) is 7.28. The summed E-state index contributed by atoms with van der Waals surface area (Å²) in [6, 6.07) is 0. The number of thiazole rings is 1. The van der Waals surface area contributed by atoms with Crippen molar-refractivity contribution in [1.29, 1.82) is 0 Å². The zero-order chi connectivity index (χ0) is 10.7. The molecule has 0 aliphatic heterocycles. The van der Waals surface area contributed by atoms with E-state index >= 15 is 0 Å². The predicted molar refractivity (Wildman–Crippen MR) is 60.5 cm³/mol. The van der Waals surface area contributed by atoms with Crippen molar-refractivity contribution in [3.8, 4) is 0 Å². The summed E-state index contributed by atoms with van der Waals surface area (Å²) in [6.45, 7) is 1.22. The van der Waals surface area contributed by atoms with Gasteiger partial charge in [-0.3, -0.25) is 4.68 Å². The maximum Gasteiger partial charge on any atom is 0.107 e. The zero-order valence-corrected chi connectivity index (χ0v) is 9.29. The number of nitrogens with one attached hydrogen (secondary N) is 1. The molecule has 2 heterocycles. The van der Waals surface area contributed by atoms with Gasteiger partial charge in [0, 0.05) is 25.2 Å². The van der Waals surface area contributed by atoms with E-state index in [1.54, 1.807) is 22.2 Å². The highest BCUT2D eigenvalue weighted by Gasteiger charge is 2.00. The van der Waals surface area contributed by atoms with Crippen molar-refractivity contribution < 1.29 is 0 Å². The number of aromatic nitrogens is 3. The van der Waals surface area contributed by atoms with E-state index in [1.807, 2.05) is 18.6 Å². The maximum absolute atomic E-state index is 5.49. The summed E-state index contributed by atoms with van der Waals surface area (Å²) in [5, 5.41) is 10.3. The monoisotopic (exact) mass is 223 g/mol. The number of hydrogen-bond acceptors (Lipinski definition) is 5. The van der Waals surface area contributed by atoms with Gasteiger partial charge >= 0.3 is 0 Å². The van der Waals surface area contributed by atoms with Gasteiger partial charge in [0.25, 0.3) is 0 Å². The molecule has 0 spiro atoms. The lowest BCUT2D eigenvalue weighted by Crippen LogP contribution is -2.00. The molecule has 0 amide bonds. The first-order valence-corrected chi connectivity index (χ1v) is 5.52. The molecule has 0 saturated heterocycles. The van der Waals surface area contributed by atoms with Gasteiger partial charge in [0.1, 0.15) is 5.01 Å². The number of nitrogens with two attached hydrogens (primary N) is 1. The van der Waals surface area contributed by atoms with Crippen molar-refractivity contribution in [3.05, 3.63) is 28.5 Å². The third-order valence-corrected chi connectivity index (χ3v) is 2.87. The molecule has 0 fully saturated rings. The minimum Gasteiger partial charge on any atom is -0.377 e. The van der Waals surface area contributed by atoms with E-state index in [1.165, 1.54) is 0 Å². The van der Waals surface area contributed by atoms with E-state index in [0.29, 0.717) is 13.1 Å². The predicted octanol–water partition coefficient (Wildman–Crippen LogP) is 0.947. The average Bonchev–Trinajstić information content (AvgIpc) is 2.83. The van der Waals surface area contributed by atoms with Gasteiger partial charge in [0.2, 0.25) is 0 Å². The highest BCUT2D eigenvalue weighted by Crippen LogP contribution is 2.11. The smallest absolute Gasteiger partial charge is 0.107 e. The molecule has 0 unspecified atom stereocenters. The molecule has 2 aromatic rings. The minimum absolute atomic E-state index is 0.511. The number of anilines is 1. The molecule has 3 N–H and O–H groups in total. The molecule has 0 bridgehead atoms. The molecule has 0 aliphatic carbocycles. The van der Waals surface area contributed by atoms with Crippen LogP contribution in [0.5, 0.6) is 0 Å². The Hall–Kier alpha value is -1.40. The van der Waals surface area contributed by atoms with Gasteiger partial charge in [-0.05, 0) is 0 Å². The van der Waals surface area contributed by atoms with Crippen LogP contribution in [0.1, 0.15) is 10.7 Å². The fourth-order valence-corrected chi connectivity index (χ4v) is 1.90. The highest BCUT2D eigenvalue weighted by molar-refractivity contribution is 7.09. The van der Waals surface area contributed by atoms with E-state index in [2.05, 4.69) is 15.4 Å². The average molecular weight is 223 g/mol. The quantitative estimate of drug-likeness (QED) is 0.809. The number of rotatable bonds is 4. The Labute approximate surface area is 91.9 Å². The molecule has 80 valence electrons. The molecular weight excluding hydrogens is 210 g/mol. The number of hydrogen-bond donors (Lipinski definition) is 2. The Morgan fingerprint density at radius 3 is 3.07 bits per heavy atom. The summed E-state index contributed by atoms with van der Waals surface area (Å²) < 4.78 is 1.76. The Kier molecular flexibility index (Phi) is 2.98. The Morgan fingerprint density at radius 1 is 1.60 bits per heavy atom. The van der Waals surface area contributed by atoms with Crippen LogP contribution in [-0.4, -0.2) is 14.8 Å². The van der Waals surface area contributed by atoms with E-state index < -0.39 is 0 Å². The van der Waals surface area contributed by atoms with Gasteiger partial charge in [0.05, 0.1) is 24.1 Å². The molecular formula is C9H13N5S. The maximum atomic E-state index is 5.49. The normalized spacial score (nSPS) is 10.5. The van der Waals surface area contributed by atoms with Crippen LogP contribution < -0.4 is 11.1 Å². The summed E-state index contributed by atoms with van der Waals surface area (Å²) in [5.41, 5.74) is 7.51. The van der Waals surface area contributed by atoms with Crippen LogP contribution >= 0.6 is 11.3 Å². The molecule has 0 aromatic carbocycles. The number of aryl methyl sites for hydroxylation is 1. The molecule has 5 nitrogen and oxygen atoms in total. The standard InChI is InChI=1S/C9H13N5S/c1-14-5-7(4-12-14)11-3-8-6-15-9(2-10)13-8/h4-6,11H,2-3,10H2,1H3. The lowest BCUT2D eigenvalue weighted by molar-refractivity contribution is 0.768. The Morgan fingerprint density at radius 2 is 2.47 bits per heavy atom. The molecule has 0 atom stereocenters. The fraction of sp³-hybridized carbons (Fsp3) is 0.333. The third-order valence-electron chi connectivity index (χ3n) is 1.95. The lowest BCUT2D eigenvalue weighted by Gasteiger charge is -1.98. The highest BCUT2D eigenvalue weighted by atomic mass is 32.1. The summed E-state index contributed by atoms with van der Waals surface area (Å²) in [7, 11) is 1.89. The van der Waals surface area contributed by atoms with Crippen molar-refractivity contribution in [3.63, 3.8) is 0 Å². The SMILES string of the molecule is Cn1cc(NCc2csc(CN)n2)cn1. The van der Waals surface area contributed by atoms with E-state index in [4.69, 9.17) is 5.73 Å². The second-order valence-electron chi connectivity index (χ2n) is 3.19. The molecule has 0 radical (unpaired) electrons. The topological polar surface area (TPSA) is 68.8 Å². The van der Waals surface area contributed by atoms with Crippen molar-refractivity contribution in [2.75, 3.05) is 5.32 Å². The zero-order valence-electron chi connectivity index (χ0n) is 8.47. The van der Waals surface area contributed by atoms with Gasteiger partial charge in [0.15, 0.2) is 0 Å². The first kappa shape index (κ1) is 10.1. The summed E-state index contributed by atoms with van der Waals surface area (Å²) in [5.74, 6) is 0.